The summed E-state index contributed by atoms with van der Waals surface area (Å²) in [6.45, 7) is 4.37. The summed E-state index contributed by atoms with van der Waals surface area (Å²) >= 11 is 0. The number of rotatable bonds is 4. The predicted octanol–water partition coefficient (Wildman–Crippen LogP) is 4.53. The van der Waals surface area contributed by atoms with E-state index >= 15 is 0 Å². The van der Waals surface area contributed by atoms with Gasteiger partial charge in [-0.15, -0.1) is 0 Å². The van der Waals surface area contributed by atoms with Crippen molar-refractivity contribution in [3.8, 4) is 0 Å². The van der Waals surface area contributed by atoms with Crippen molar-refractivity contribution >= 4 is 0 Å². The molecule has 0 aromatic heterocycles. The highest BCUT2D eigenvalue weighted by atomic mass is 19.1. The molecule has 0 aliphatic heterocycles. The van der Waals surface area contributed by atoms with E-state index in [-0.39, 0.29) is 23.2 Å². The van der Waals surface area contributed by atoms with Crippen LogP contribution < -0.4 is 5.73 Å². The van der Waals surface area contributed by atoms with Crippen LogP contribution in [0, 0.1) is 30.4 Å². The molecule has 1 aliphatic rings. The third-order valence-electron chi connectivity index (χ3n) is 4.79. The smallest absolute Gasteiger partial charge is 0.132 e. The third kappa shape index (κ3) is 3.03. The maximum absolute atomic E-state index is 14.4. The summed E-state index contributed by atoms with van der Waals surface area (Å²) in [5.74, 6) is -0.0643. The zero-order valence-electron chi connectivity index (χ0n) is 12.5. The minimum Gasteiger partial charge on any atom is -0.330 e. The van der Waals surface area contributed by atoms with Crippen molar-refractivity contribution < 1.29 is 8.78 Å². The topological polar surface area (TPSA) is 26.0 Å². The molecule has 2 rings (SSSR count). The maximum atomic E-state index is 14.4. The third-order valence-corrected chi connectivity index (χ3v) is 4.79. The molecule has 3 heteroatoms. The minimum absolute atomic E-state index is 0.0646. The molecule has 1 aromatic rings. The van der Waals surface area contributed by atoms with E-state index in [9.17, 15) is 8.78 Å². The van der Waals surface area contributed by atoms with Crippen LogP contribution in [0.2, 0.25) is 0 Å². The van der Waals surface area contributed by atoms with Crippen molar-refractivity contribution in [2.45, 2.75) is 51.9 Å². The van der Waals surface area contributed by atoms with Gasteiger partial charge in [0, 0.05) is 5.56 Å². The molecule has 0 heterocycles. The number of halogens is 2. The van der Waals surface area contributed by atoms with Crippen LogP contribution in [0.1, 0.15) is 56.1 Å². The summed E-state index contributed by atoms with van der Waals surface area (Å²) < 4.78 is 28.5. The first-order chi connectivity index (χ1) is 9.58. The predicted molar refractivity (Wildman–Crippen MR) is 78.6 cm³/mol. The van der Waals surface area contributed by atoms with Crippen LogP contribution in [0.5, 0.6) is 0 Å². The van der Waals surface area contributed by atoms with E-state index in [1.54, 1.807) is 6.92 Å². The molecule has 0 bridgehead atoms. The first-order valence-corrected chi connectivity index (χ1v) is 7.73. The molecule has 1 aliphatic carbocycles. The summed E-state index contributed by atoms with van der Waals surface area (Å²) in [4.78, 5) is 0. The van der Waals surface area contributed by atoms with E-state index in [2.05, 4.69) is 6.92 Å². The Morgan fingerprint density at radius 1 is 1.25 bits per heavy atom. The summed E-state index contributed by atoms with van der Waals surface area (Å²) in [5.41, 5.74) is 6.65. The van der Waals surface area contributed by atoms with Crippen LogP contribution in [0.4, 0.5) is 8.78 Å². The SMILES string of the molecule is CCCC1CCC(CN)C(c2c(F)ccc(C)c2F)C1. The molecule has 3 unspecified atom stereocenters. The summed E-state index contributed by atoms with van der Waals surface area (Å²) in [6.07, 6.45) is 5.26. The number of aryl methyl sites for hydroxylation is 1. The van der Waals surface area contributed by atoms with Crippen LogP contribution in [0.25, 0.3) is 0 Å². The molecule has 1 nitrogen and oxygen atoms in total. The average Bonchev–Trinajstić information content (AvgIpc) is 2.44. The van der Waals surface area contributed by atoms with E-state index in [4.69, 9.17) is 5.73 Å². The molecule has 0 amide bonds. The molecular formula is C17H25F2N. The molecule has 0 saturated heterocycles. The highest BCUT2D eigenvalue weighted by Gasteiger charge is 2.34. The largest absolute Gasteiger partial charge is 0.330 e. The van der Waals surface area contributed by atoms with E-state index in [0.29, 0.717) is 18.0 Å². The van der Waals surface area contributed by atoms with Crippen LogP contribution in [-0.2, 0) is 0 Å². The second-order valence-corrected chi connectivity index (χ2v) is 6.16. The van der Waals surface area contributed by atoms with Crippen LogP contribution in [0.15, 0.2) is 12.1 Å². The number of nitrogens with two attached hydrogens (primary N) is 1. The Morgan fingerprint density at radius 3 is 2.65 bits per heavy atom. The normalized spacial score (nSPS) is 26.8. The second kappa shape index (κ2) is 6.66. The maximum Gasteiger partial charge on any atom is 0.132 e. The first-order valence-electron chi connectivity index (χ1n) is 7.73. The van der Waals surface area contributed by atoms with Crippen LogP contribution in [0.3, 0.4) is 0 Å². The van der Waals surface area contributed by atoms with Crippen molar-refractivity contribution in [3.63, 3.8) is 0 Å². The van der Waals surface area contributed by atoms with Gasteiger partial charge in [0.25, 0.3) is 0 Å². The monoisotopic (exact) mass is 281 g/mol. The van der Waals surface area contributed by atoms with Gasteiger partial charge >= 0.3 is 0 Å². The molecule has 112 valence electrons. The van der Waals surface area contributed by atoms with Gasteiger partial charge in [-0.3, -0.25) is 0 Å². The van der Waals surface area contributed by atoms with Crippen molar-refractivity contribution in [1.29, 1.82) is 0 Å². The van der Waals surface area contributed by atoms with Gasteiger partial charge in [0.2, 0.25) is 0 Å². The van der Waals surface area contributed by atoms with Crippen LogP contribution >= 0.6 is 0 Å². The van der Waals surface area contributed by atoms with Gasteiger partial charge in [-0.2, -0.15) is 0 Å². The van der Waals surface area contributed by atoms with Crippen LogP contribution in [-0.4, -0.2) is 6.54 Å². The molecule has 0 radical (unpaired) electrons. The average molecular weight is 281 g/mol. The summed E-state index contributed by atoms with van der Waals surface area (Å²) in [6, 6.07) is 2.91. The lowest BCUT2D eigenvalue weighted by atomic mass is 9.69. The Morgan fingerprint density at radius 2 is 2.00 bits per heavy atom. The van der Waals surface area contributed by atoms with Crippen molar-refractivity contribution in [2.24, 2.45) is 17.6 Å². The lowest BCUT2D eigenvalue weighted by molar-refractivity contribution is 0.222. The summed E-state index contributed by atoms with van der Waals surface area (Å²) in [5, 5.41) is 0. The Balaban J connectivity index is 2.34. The number of hydrogen-bond donors (Lipinski definition) is 1. The number of benzene rings is 1. The standard InChI is InChI=1S/C17H25F2N/c1-3-4-12-6-7-13(10-20)14(9-12)16-15(18)8-5-11(2)17(16)19/h5,8,12-14H,3-4,6-7,9-10,20H2,1-2H3. The second-order valence-electron chi connectivity index (χ2n) is 6.16. The van der Waals surface area contributed by atoms with E-state index in [1.807, 2.05) is 0 Å². The van der Waals surface area contributed by atoms with Crippen molar-refractivity contribution in [2.75, 3.05) is 6.54 Å². The fourth-order valence-corrected chi connectivity index (χ4v) is 3.64. The van der Waals surface area contributed by atoms with Gasteiger partial charge in [0.15, 0.2) is 0 Å². The van der Waals surface area contributed by atoms with Gasteiger partial charge in [-0.25, -0.2) is 8.78 Å². The molecule has 1 saturated carbocycles. The zero-order chi connectivity index (χ0) is 14.7. The fourth-order valence-electron chi connectivity index (χ4n) is 3.64. The Labute approximate surface area is 120 Å². The Kier molecular flexibility index (Phi) is 5.14. The van der Waals surface area contributed by atoms with Gasteiger partial charge in [0.05, 0.1) is 0 Å². The van der Waals surface area contributed by atoms with E-state index in [1.165, 1.54) is 12.1 Å². The Bertz CT molecular complexity index is 459. The molecule has 0 spiro atoms. The number of hydrogen-bond acceptors (Lipinski definition) is 1. The first kappa shape index (κ1) is 15.4. The van der Waals surface area contributed by atoms with E-state index < -0.39 is 5.82 Å². The highest BCUT2D eigenvalue weighted by Crippen LogP contribution is 2.43. The highest BCUT2D eigenvalue weighted by molar-refractivity contribution is 5.30. The molecule has 20 heavy (non-hydrogen) atoms. The molecule has 2 N–H and O–H groups in total. The molecule has 1 aromatic carbocycles. The van der Waals surface area contributed by atoms with Gasteiger partial charge in [0.1, 0.15) is 11.6 Å². The fraction of sp³-hybridized carbons (Fsp3) is 0.647. The van der Waals surface area contributed by atoms with E-state index in [0.717, 1.165) is 32.1 Å². The lowest BCUT2D eigenvalue weighted by Gasteiger charge is -2.36. The Hall–Kier alpha value is -0.960. The molecule has 1 fully saturated rings. The molecule has 3 atom stereocenters. The van der Waals surface area contributed by atoms with Crippen molar-refractivity contribution in [3.05, 3.63) is 34.9 Å². The quantitative estimate of drug-likeness (QED) is 0.862. The van der Waals surface area contributed by atoms with Gasteiger partial charge < -0.3 is 5.73 Å². The van der Waals surface area contributed by atoms with Gasteiger partial charge in [-0.05, 0) is 55.7 Å². The zero-order valence-corrected chi connectivity index (χ0v) is 12.5. The molecular weight excluding hydrogens is 256 g/mol. The summed E-state index contributed by atoms with van der Waals surface area (Å²) in [7, 11) is 0. The lowest BCUT2D eigenvalue weighted by Crippen LogP contribution is -2.30. The van der Waals surface area contributed by atoms with Gasteiger partial charge in [-0.1, -0.05) is 32.3 Å². The minimum atomic E-state index is -0.409. The van der Waals surface area contributed by atoms with Crippen molar-refractivity contribution in [1.82, 2.24) is 0 Å².